The Labute approximate surface area is 158 Å². The second kappa shape index (κ2) is 14.8. The summed E-state index contributed by atoms with van der Waals surface area (Å²) >= 11 is 0. The van der Waals surface area contributed by atoms with Crippen LogP contribution >= 0.6 is 24.0 Å². The van der Waals surface area contributed by atoms with Crippen LogP contribution in [0.4, 0.5) is 0 Å². The number of aliphatic imine (C=N–C) groups is 1. The standard InChI is InChI=1S/C18H31N3O.HI/c1-4-6-7-8-13-20-18(19-3)21-14-16-9-11-17(12-10-16)15-22-5-2;/h9-12H,4-8,13-15H2,1-3H3,(H2,19,20,21);1H. The summed E-state index contributed by atoms with van der Waals surface area (Å²) in [6, 6.07) is 8.51. The molecule has 0 aliphatic heterocycles. The van der Waals surface area contributed by atoms with E-state index in [1.807, 2.05) is 14.0 Å². The molecule has 0 radical (unpaired) electrons. The van der Waals surface area contributed by atoms with Gasteiger partial charge in [-0.15, -0.1) is 24.0 Å². The Morgan fingerprint density at radius 2 is 1.70 bits per heavy atom. The summed E-state index contributed by atoms with van der Waals surface area (Å²) in [5.41, 5.74) is 2.46. The van der Waals surface area contributed by atoms with Gasteiger partial charge in [-0.2, -0.15) is 0 Å². The van der Waals surface area contributed by atoms with Gasteiger partial charge in [0.25, 0.3) is 0 Å². The Morgan fingerprint density at radius 1 is 1.00 bits per heavy atom. The van der Waals surface area contributed by atoms with Crippen LogP contribution in [0.15, 0.2) is 29.3 Å². The molecule has 1 aromatic rings. The first kappa shape index (κ1) is 22.2. The van der Waals surface area contributed by atoms with Crippen LogP contribution in [0.2, 0.25) is 0 Å². The lowest BCUT2D eigenvalue weighted by Gasteiger charge is -2.12. The molecule has 0 bridgehead atoms. The Morgan fingerprint density at radius 3 is 2.30 bits per heavy atom. The quantitative estimate of drug-likeness (QED) is 0.253. The van der Waals surface area contributed by atoms with E-state index in [0.29, 0.717) is 6.61 Å². The van der Waals surface area contributed by atoms with Gasteiger partial charge in [0.2, 0.25) is 0 Å². The molecule has 0 heterocycles. The minimum absolute atomic E-state index is 0. The molecule has 23 heavy (non-hydrogen) atoms. The van der Waals surface area contributed by atoms with Crippen molar-refractivity contribution in [3.8, 4) is 0 Å². The first-order valence-corrected chi connectivity index (χ1v) is 8.40. The number of rotatable bonds is 10. The van der Waals surface area contributed by atoms with Gasteiger partial charge in [0.15, 0.2) is 5.96 Å². The Hall–Kier alpha value is -0.820. The Bertz CT molecular complexity index is 421. The van der Waals surface area contributed by atoms with Crippen LogP contribution in [0, 0.1) is 0 Å². The van der Waals surface area contributed by atoms with Crippen molar-refractivity contribution in [1.82, 2.24) is 10.6 Å². The van der Waals surface area contributed by atoms with E-state index < -0.39 is 0 Å². The van der Waals surface area contributed by atoms with Crippen LogP contribution in [0.1, 0.15) is 50.7 Å². The van der Waals surface area contributed by atoms with E-state index in [-0.39, 0.29) is 24.0 Å². The monoisotopic (exact) mass is 433 g/mol. The summed E-state index contributed by atoms with van der Waals surface area (Å²) in [7, 11) is 1.81. The summed E-state index contributed by atoms with van der Waals surface area (Å²) in [4.78, 5) is 4.25. The van der Waals surface area contributed by atoms with Gasteiger partial charge in [-0.05, 0) is 24.5 Å². The molecular weight excluding hydrogens is 401 g/mol. The molecule has 5 heteroatoms. The largest absolute Gasteiger partial charge is 0.377 e. The number of nitrogens with one attached hydrogen (secondary N) is 2. The summed E-state index contributed by atoms with van der Waals surface area (Å²) in [6.07, 6.45) is 5.05. The summed E-state index contributed by atoms with van der Waals surface area (Å²) in [5, 5.41) is 6.70. The molecule has 0 aliphatic rings. The molecule has 0 unspecified atom stereocenters. The molecule has 4 nitrogen and oxygen atoms in total. The fraction of sp³-hybridized carbons (Fsp3) is 0.611. The molecule has 2 N–H and O–H groups in total. The minimum atomic E-state index is 0. The van der Waals surface area contributed by atoms with Gasteiger partial charge in [0, 0.05) is 26.7 Å². The van der Waals surface area contributed by atoms with E-state index in [4.69, 9.17) is 4.74 Å². The highest BCUT2D eigenvalue weighted by Gasteiger charge is 1.99. The van der Waals surface area contributed by atoms with E-state index in [1.165, 1.54) is 36.8 Å². The molecule has 0 saturated heterocycles. The van der Waals surface area contributed by atoms with Crippen LogP contribution in [0.25, 0.3) is 0 Å². The van der Waals surface area contributed by atoms with Crippen molar-refractivity contribution in [3.63, 3.8) is 0 Å². The van der Waals surface area contributed by atoms with E-state index in [9.17, 15) is 0 Å². The van der Waals surface area contributed by atoms with Gasteiger partial charge in [-0.25, -0.2) is 0 Å². The minimum Gasteiger partial charge on any atom is -0.377 e. The average molecular weight is 433 g/mol. The van der Waals surface area contributed by atoms with Gasteiger partial charge in [-0.3, -0.25) is 4.99 Å². The fourth-order valence-corrected chi connectivity index (χ4v) is 2.14. The maximum atomic E-state index is 5.40. The lowest BCUT2D eigenvalue weighted by molar-refractivity contribution is 0.134. The maximum Gasteiger partial charge on any atom is 0.191 e. The molecule has 0 amide bonds. The molecule has 1 aromatic carbocycles. The highest BCUT2D eigenvalue weighted by molar-refractivity contribution is 14.0. The van der Waals surface area contributed by atoms with Crippen molar-refractivity contribution in [3.05, 3.63) is 35.4 Å². The number of guanidine groups is 1. The number of hydrogen-bond donors (Lipinski definition) is 2. The lowest BCUT2D eigenvalue weighted by atomic mass is 10.1. The first-order chi connectivity index (χ1) is 10.8. The van der Waals surface area contributed by atoms with Crippen molar-refractivity contribution in [2.45, 2.75) is 52.7 Å². The normalized spacial score (nSPS) is 11.0. The third-order valence-electron chi connectivity index (χ3n) is 3.50. The van der Waals surface area contributed by atoms with Gasteiger partial charge in [0.1, 0.15) is 0 Å². The van der Waals surface area contributed by atoms with E-state index >= 15 is 0 Å². The number of unbranched alkanes of at least 4 members (excludes halogenated alkanes) is 3. The van der Waals surface area contributed by atoms with Crippen molar-refractivity contribution < 1.29 is 4.74 Å². The molecule has 0 atom stereocenters. The highest BCUT2D eigenvalue weighted by atomic mass is 127. The molecule has 0 fully saturated rings. The lowest BCUT2D eigenvalue weighted by Crippen LogP contribution is -2.37. The number of ether oxygens (including phenoxy) is 1. The molecule has 0 spiro atoms. The van der Waals surface area contributed by atoms with Gasteiger partial charge in [0.05, 0.1) is 6.61 Å². The topological polar surface area (TPSA) is 45.7 Å². The number of hydrogen-bond acceptors (Lipinski definition) is 2. The number of benzene rings is 1. The highest BCUT2D eigenvalue weighted by Crippen LogP contribution is 2.05. The van der Waals surface area contributed by atoms with Gasteiger partial charge < -0.3 is 15.4 Å². The Kier molecular flexibility index (Phi) is 14.2. The van der Waals surface area contributed by atoms with Crippen molar-refractivity contribution >= 4 is 29.9 Å². The second-order valence-corrected chi connectivity index (χ2v) is 5.37. The SMILES string of the molecule is CCCCCCNC(=NC)NCc1ccc(COCC)cc1.I. The third-order valence-corrected chi connectivity index (χ3v) is 3.50. The third kappa shape index (κ3) is 10.5. The number of nitrogens with zero attached hydrogens (tertiary/aromatic N) is 1. The molecule has 0 aromatic heterocycles. The van der Waals surface area contributed by atoms with Crippen LogP contribution in [-0.2, 0) is 17.9 Å². The summed E-state index contributed by atoms with van der Waals surface area (Å²) in [5.74, 6) is 0.870. The molecular formula is C18H32IN3O. The predicted molar refractivity (Wildman–Crippen MR) is 110 cm³/mol. The summed E-state index contributed by atoms with van der Waals surface area (Å²) < 4.78 is 5.40. The molecule has 0 aliphatic carbocycles. The smallest absolute Gasteiger partial charge is 0.191 e. The van der Waals surface area contributed by atoms with Crippen LogP contribution in [0.5, 0.6) is 0 Å². The zero-order valence-electron chi connectivity index (χ0n) is 14.7. The molecule has 0 saturated carbocycles. The van der Waals surface area contributed by atoms with Crippen molar-refractivity contribution in [2.24, 2.45) is 4.99 Å². The predicted octanol–water partition coefficient (Wildman–Crippen LogP) is 4.09. The fourth-order valence-electron chi connectivity index (χ4n) is 2.14. The Balaban J connectivity index is 0.00000484. The molecule has 1 rings (SSSR count). The van der Waals surface area contributed by atoms with E-state index in [2.05, 4.69) is 46.8 Å². The van der Waals surface area contributed by atoms with Crippen LogP contribution < -0.4 is 10.6 Å². The zero-order valence-corrected chi connectivity index (χ0v) is 17.1. The first-order valence-electron chi connectivity index (χ1n) is 8.40. The average Bonchev–Trinajstić information content (AvgIpc) is 2.56. The van der Waals surface area contributed by atoms with Crippen LogP contribution in [0.3, 0.4) is 0 Å². The molecule has 132 valence electrons. The second-order valence-electron chi connectivity index (χ2n) is 5.37. The van der Waals surface area contributed by atoms with Crippen LogP contribution in [-0.4, -0.2) is 26.2 Å². The maximum absolute atomic E-state index is 5.40. The number of halogens is 1. The van der Waals surface area contributed by atoms with E-state index in [0.717, 1.165) is 25.7 Å². The van der Waals surface area contributed by atoms with Gasteiger partial charge in [-0.1, -0.05) is 50.5 Å². The summed E-state index contributed by atoms with van der Waals surface area (Å²) in [6.45, 7) is 7.44. The van der Waals surface area contributed by atoms with Crippen molar-refractivity contribution in [1.29, 1.82) is 0 Å². The van der Waals surface area contributed by atoms with Gasteiger partial charge >= 0.3 is 0 Å². The zero-order chi connectivity index (χ0) is 16.0. The van der Waals surface area contributed by atoms with E-state index in [1.54, 1.807) is 0 Å². The van der Waals surface area contributed by atoms with Crippen molar-refractivity contribution in [2.75, 3.05) is 20.2 Å².